The maximum absolute atomic E-state index is 14.6. The minimum atomic E-state index is -1.18. The van der Waals surface area contributed by atoms with Crippen LogP contribution in [0.15, 0.2) is 53.7 Å². The maximum Gasteiger partial charge on any atom is 0.410 e. The van der Waals surface area contributed by atoms with Crippen molar-refractivity contribution in [2.75, 3.05) is 25.0 Å². The third-order valence-electron chi connectivity index (χ3n) is 4.83. The number of piperidine rings is 1. The number of carbonyl (C=O) groups is 1. The molecule has 1 aromatic heterocycles. The molecule has 2 aromatic rings. The summed E-state index contributed by atoms with van der Waals surface area (Å²) in [5.41, 5.74) is 7.88. The number of guanidine groups is 1. The Kier molecular flexibility index (Phi) is 6.99. The molecule has 0 saturated carbocycles. The first-order valence-corrected chi connectivity index (χ1v) is 9.60. The van der Waals surface area contributed by atoms with Gasteiger partial charge in [0.25, 0.3) is 0 Å². The molecule has 1 aromatic carbocycles. The zero-order valence-corrected chi connectivity index (χ0v) is 16.4. The minimum Gasteiger partial charge on any atom is -0.445 e. The topological polar surface area (TPSA) is 92.8 Å². The van der Waals surface area contributed by atoms with Gasteiger partial charge >= 0.3 is 6.09 Å². The molecule has 0 bridgehead atoms. The Bertz CT molecular complexity index is 829. The number of alkyl halides is 1. The lowest BCUT2D eigenvalue weighted by atomic mass is 9.95. The number of nitrogens with zero attached hydrogens (tertiary/aromatic N) is 3. The number of rotatable bonds is 5. The summed E-state index contributed by atoms with van der Waals surface area (Å²) in [5, 5.41) is 2.87. The summed E-state index contributed by atoms with van der Waals surface area (Å²) in [6.45, 7) is 2.85. The van der Waals surface area contributed by atoms with Crippen molar-refractivity contribution in [2.45, 2.75) is 26.1 Å². The molecular formula is C21H26FN5O2. The molecule has 8 heteroatoms. The number of nitrogens with one attached hydrogen (secondary N) is 1. The molecule has 1 saturated heterocycles. The van der Waals surface area contributed by atoms with E-state index >= 15 is 0 Å². The average molecular weight is 399 g/mol. The summed E-state index contributed by atoms with van der Waals surface area (Å²) in [5.74, 6) is 0.479. The highest BCUT2D eigenvalue weighted by molar-refractivity contribution is 5.91. The lowest BCUT2D eigenvalue weighted by Gasteiger charge is -2.33. The van der Waals surface area contributed by atoms with Crippen LogP contribution in [0.2, 0.25) is 0 Å². The zero-order chi connectivity index (χ0) is 20.6. The lowest BCUT2D eigenvalue weighted by molar-refractivity contribution is 0.0537. The molecule has 1 fully saturated rings. The molecule has 1 aliphatic rings. The SMILES string of the molecule is Cc1ccc(COC(=O)N2CCC(CN=C(N)Nc3ccccn3)C(F)C2)cc1. The Morgan fingerprint density at radius 3 is 2.83 bits per heavy atom. The largest absolute Gasteiger partial charge is 0.445 e. The summed E-state index contributed by atoms with van der Waals surface area (Å²) >= 11 is 0. The Morgan fingerprint density at radius 1 is 1.34 bits per heavy atom. The third-order valence-corrected chi connectivity index (χ3v) is 4.83. The van der Waals surface area contributed by atoms with Gasteiger partial charge in [0.1, 0.15) is 18.6 Å². The van der Waals surface area contributed by atoms with Gasteiger partial charge in [0.05, 0.1) is 6.54 Å². The van der Waals surface area contributed by atoms with E-state index in [1.807, 2.05) is 37.3 Å². The van der Waals surface area contributed by atoms with Gasteiger partial charge in [-0.15, -0.1) is 0 Å². The molecule has 2 atom stereocenters. The first kappa shape index (κ1) is 20.6. The number of hydrogen-bond donors (Lipinski definition) is 2. The first-order chi connectivity index (χ1) is 14.0. The number of pyridine rings is 1. The van der Waals surface area contributed by atoms with Crippen LogP contribution >= 0.6 is 0 Å². The molecule has 3 N–H and O–H groups in total. The van der Waals surface area contributed by atoms with Crippen LogP contribution in [0.25, 0.3) is 0 Å². The second kappa shape index (κ2) is 9.86. The summed E-state index contributed by atoms with van der Waals surface area (Å²) in [4.78, 5) is 22.0. The number of nitrogens with two attached hydrogens (primary N) is 1. The maximum atomic E-state index is 14.6. The van der Waals surface area contributed by atoms with Gasteiger partial charge in [0.2, 0.25) is 0 Å². The number of hydrogen-bond acceptors (Lipinski definition) is 4. The fourth-order valence-electron chi connectivity index (χ4n) is 3.07. The highest BCUT2D eigenvalue weighted by atomic mass is 19.1. The van der Waals surface area contributed by atoms with Crippen LogP contribution < -0.4 is 11.1 Å². The fourth-order valence-corrected chi connectivity index (χ4v) is 3.07. The van der Waals surface area contributed by atoms with Crippen molar-refractivity contribution in [2.24, 2.45) is 16.6 Å². The van der Waals surface area contributed by atoms with Crippen molar-refractivity contribution < 1.29 is 13.9 Å². The van der Waals surface area contributed by atoms with Crippen LogP contribution in [0.5, 0.6) is 0 Å². The number of halogens is 1. The van der Waals surface area contributed by atoms with E-state index in [4.69, 9.17) is 10.5 Å². The predicted molar refractivity (Wildman–Crippen MR) is 110 cm³/mol. The molecule has 0 aliphatic carbocycles. The summed E-state index contributed by atoms with van der Waals surface area (Å²) < 4.78 is 19.9. The van der Waals surface area contributed by atoms with Crippen molar-refractivity contribution in [3.63, 3.8) is 0 Å². The molecule has 29 heavy (non-hydrogen) atoms. The monoisotopic (exact) mass is 399 g/mol. The second-order valence-corrected chi connectivity index (χ2v) is 7.12. The van der Waals surface area contributed by atoms with Crippen molar-refractivity contribution in [1.29, 1.82) is 0 Å². The van der Waals surface area contributed by atoms with Crippen LogP contribution in [0, 0.1) is 12.8 Å². The number of likely N-dealkylation sites (tertiary alicyclic amines) is 1. The van der Waals surface area contributed by atoms with Crippen LogP contribution in [0.1, 0.15) is 17.5 Å². The Hall–Kier alpha value is -3.16. The number of carbonyl (C=O) groups excluding carboxylic acids is 1. The number of anilines is 1. The molecule has 0 spiro atoms. The standard InChI is InChI=1S/C21H26FN5O2/c1-15-5-7-16(8-6-15)14-29-21(28)27-11-9-17(18(22)13-27)12-25-20(23)26-19-4-2-3-10-24-19/h2-8,10,17-18H,9,11-14H2,1H3,(H3,23,24,25,26). The van der Waals surface area contributed by atoms with Gasteiger partial charge in [0.15, 0.2) is 5.96 Å². The van der Waals surface area contributed by atoms with Gasteiger partial charge in [-0.25, -0.2) is 14.2 Å². The number of benzene rings is 1. The minimum absolute atomic E-state index is 0.000488. The van der Waals surface area contributed by atoms with Gasteiger partial charge < -0.3 is 20.7 Å². The second-order valence-electron chi connectivity index (χ2n) is 7.12. The molecule has 154 valence electrons. The number of ether oxygens (including phenoxy) is 1. The smallest absolute Gasteiger partial charge is 0.410 e. The van der Waals surface area contributed by atoms with E-state index in [1.54, 1.807) is 18.3 Å². The number of aliphatic imine (C=N–C) groups is 1. The van der Waals surface area contributed by atoms with E-state index in [1.165, 1.54) is 4.90 Å². The summed E-state index contributed by atoms with van der Waals surface area (Å²) in [6.07, 6.45) is 0.468. The predicted octanol–water partition coefficient (Wildman–Crippen LogP) is 3.11. The third kappa shape index (κ3) is 6.17. The zero-order valence-electron chi connectivity index (χ0n) is 16.4. The van der Waals surface area contributed by atoms with E-state index in [0.29, 0.717) is 18.8 Å². The quantitative estimate of drug-likeness (QED) is 0.595. The Balaban J connectivity index is 1.44. The van der Waals surface area contributed by atoms with Crippen molar-refractivity contribution >= 4 is 17.9 Å². The Labute approximate surface area is 169 Å². The van der Waals surface area contributed by atoms with Crippen LogP contribution in [-0.4, -0.2) is 47.7 Å². The first-order valence-electron chi connectivity index (χ1n) is 9.60. The number of aromatic nitrogens is 1. The van der Waals surface area contributed by atoms with Gasteiger partial charge in [-0.05, 0) is 31.0 Å². The highest BCUT2D eigenvalue weighted by Gasteiger charge is 2.32. The molecule has 2 heterocycles. The van der Waals surface area contributed by atoms with E-state index in [2.05, 4.69) is 15.3 Å². The van der Waals surface area contributed by atoms with Gasteiger partial charge in [-0.3, -0.25) is 4.99 Å². The lowest BCUT2D eigenvalue weighted by Crippen LogP contribution is -2.46. The molecule has 1 amide bonds. The average Bonchev–Trinajstić information content (AvgIpc) is 2.73. The van der Waals surface area contributed by atoms with Crippen molar-refractivity contribution in [3.05, 3.63) is 59.8 Å². The normalized spacial score (nSPS) is 19.7. The van der Waals surface area contributed by atoms with Crippen LogP contribution in [0.4, 0.5) is 15.0 Å². The van der Waals surface area contributed by atoms with Crippen LogP contribution in [-0.2, 0) is 11.3 Å². The van der Waals surface area contributed by atoms with E-state index < -0.39 is 12.3 Å². The Morgan fingerprint density at radius 2 is 2.14 bits per heavy atom. The van der Waals surface area contributed by atoms with E-state index in [9.17, 15) is 9.18 Å². The number of aryl methyl sites for hydroxylation is 1. The highest BCUT2D eigenvalue weighted by Crippen LogP contribution is 2.22. The van der Waals surface area contributed by atoms with Gasteiger partial charge in [0, 0.05) is 25.2 Å². The molecular weight excluding hydrogens is 373 g/mol. The molecule has 3 rings (SSSR count). The van der Waals surface area contributed by atoms with Crippen molar-refractivity contribution in [3.8, 4) is 0 Å². The summed E-state index contributed by atoms with van der Waals surface area (Å²) in [7, 11) is 0. The van der Waals surface area contributed by atoms with E-state index in [0.717, 1.165) is 11.1 Å². The molecule has 1 aliphatic heterocycles. The molecule has 7 nitrogen and oxygen atoms in total. The summed E-state index contributed by atoms with van der Waals surface area (Å²) in [6, 6.07) is 13.1. The number of amides is 1. The van der Waals surface area contributed by atoms with Crippen LogP contribution in [0.3, 0.4) is 0 Å². The van der Waals surface area contributed by atoms with Crippen molar-refractivity contribution in [1.82, 2.24) is 9.88 Å². The van der Waals surface area contributed by atoms with Gasteiger partial charge in [-0.1, -0.05) is 35.9 Å². The molecule has 2 unspecified atom stereocenters. The fraction of sp³-hybridized carbons (Fsp3) is 0.381. The van der Waals surface area contributed by atoms with Gasteiger partial charge in [-0.2, -0.15) is 0 Å². The van der Waals surface area contributed by atoms with E-state index in [-0.39, 0.29) is 31.6 Å². The molecule has 0 radical (unpaired) electrons.